The molecule has 1 heterocycles. The van der Waals surface area contributed by atoms with E-state index in [1.54, 1.807) is 7.11 Å². The molecule has 5 nitrogen and oxygen atoms in total. The summed E-state index contributed by atoms with van der Waals surface area (Å²) in [5.41, 5.74) is 1.67. The summed E-state index contributed by atoms with van der Waals surface area (Å²) in [6, 6.07) is 6.78. The van der Waals surface area contributed by atoms with Crippen molar-refractivity contribution in [3.63, 3.8) is 0 Å². The number of hydrogen-bond donors (Lipinski definition) is 1. The van der Waals surface area contributed by atoms with E-state index in [1.807, 2.05) is 0 Å². The molecule has 0 amide bonds. The molecule has 0 aromatic heterocycles. The lowest BCUT2D eigenvalue weighted by Gasteiger charge is -2.70. The van der Waals surface area contributed by atoms with Gasteiger partial charge in [-0.05, 0) is 129 Å². The zero-order valence-corrected chi connectivity index (χ0v) is 26.8. The van der Waals surface area contributed by atoms with Gasteiger partial charge in [-0.2, -0.15) is 0 Å². The Morgan fingerprint density at radius 1 is 1.05 bits per heavy atom. The van der Waals surface area contributed by atoms with Crippen LogP contribution in [0.5, 0.6) is 5.75 Å². The highest BCUT2D eigenvalue weighted by Gasteiger charge is 2.71. The molecule has 4 fully saturated rings. The van der Waals surface area contributed by atoms with E-state index in [9.17, 15) is 5.11 Å². The van der Waals surface area contributed by atoms with Crippen molar-refractivity contribution < 1.29 is 24.0 Å². The van der Waals surface area contributed by atoms with E-state index in [4.69, 9.17) is 18.9 Å². The number of ether oxygens (including phenoxy) is 1. The average molecular weight is 567 g/mol. The fourth-order valence-corrected chi connectivity index (χ4v) is 12.0. The molecule has 7 rings (SSSR count). The molecular formula is C34H50O5Si. The van der Waals surface area contributed by atoms with Crippen molar-refractivity contribution in [2.75, 3.05) is 13.7 Å². The van der Waals surface area contributed by atoms with Gasteiger partial charge in [0.2, 0.25) is 8.32 Å². The maximum Gasteiger partial charge on any atom is 0.241 e. The van der Waals surface area contributed by atoms with Crippen LogP contribution >= 0.6 is 0 Å². The van der Waals surface area contributed by atoms with Crippen molar-refractivity contribution in [3.8, 4) is 5.75 Å². The normalized spacial score (nSPS) is 45.0. The summed E-state index contributed by atoms with van der Waals surface area (Å²) in [5.74, 6) is 4.25. The maximum atomic E-state index is 13.0. The van der Waals surface area contributed by atoms with E-state index >= 15 is 0 Å². The second-order valence-electron chi connectivity index (χ2n) is 16.6. The standard InChI is InChI=1S/C34H50O5Si/c1-30(2)19-32(39-37-21-30)14-15-33-17-22-16-23(36-4)8-9-24(22)26-18-31(3)27(10-11-28(31)38-40(5,6)7)25(29(26)33)12-13-34(33,35)20-32/h8-9,11,16,25-27,29,35H,10,12-15,17-21H2,1-7H3/t25-,26+,27-,29+,31-,32?,33-,34+/m0/s1. The molecule has 40 heavy (non-hydrogen) atoms. The van der Waals surface area contributed by atoms with Crippen LogP contribution in [0.1, 0.15) is 89.2 Å². The number of benzene rings is 1. The van der Waals surface area contributed by atoms with Crippen molar-refractivity contribution in [2.24, 2.45) is 34.0 Å². The Morgan fingerprint density at radius 3 is 2.58 bits per heavy atom. The molecule has 1 saturated heterocycles. The Balaban J connectivity index is 1.33. The molecule has 6 heteroatoms. The average Bonchev–Trinajstić information content (AvgIpc) is 3.17. The summed E-state index contributed by atoms with van der Waals surface area (Å²) >= 11 is 0. The molecule has 2 spiro atoms. The van der Waals surface area contributed by atoms with Crippen LogP contribution < -0.4 is 4.74 Å². The van der Waals surface area contributed by atoms with E-state index in [0.29, 0.717) is 36.7 Å². The quantitative estimate of drug-likeness (QED) is 0.302. The molecule has 5 aliphatic carbocycles. The third-order valence-corrected chi connectivity index (χ3v) is 13.1. The van der Waals surface area contributed by atoms with Gasteiger partial charge in [0.05, 0.1) is 25.1 Å². The first-order valence-electron chi connectivity index (χ1n) is 15.8. The first kappa shape index (κ1) is 27.5. The Hall–Kier alpha value is -1.34. The number of rotatable bonds is 3. The van der Waals surface area contributed by atoms with Crippen molar-refractivity contribution in [1.29, 1.82) is 0 Å². The van der Waals surface area contributed by atoms with Gasteiger partial charge in [0.25, 0.3) is 0 Å². The van der Waals surface area contributed by atoms with Crippen molar-refractivity contribution in [2.45, 2.75) is 115 Å². The van der Waals surface area contributed by atoms with Gasteiger partial charge in [0, 0.05) is 17.3 Å². The molecule has 1 aliphatic heterocycles. The van der Waals surface area contributed by atoms with E-state index < -0.39 is 19.5 Å². The minimum Gasteiger partial charge on any atom is -0.547 e. The SMILES string of the molecule is COc1ccc2c(c1)C[C@]13CCC4(CC(C)(C)COO4)C[C@]1(O)CC[C@@H]1[C@@H]3[C@@H]2C[C@]2(C)C(O[Si](C)(C)C)=CC[C@@H]12. The van der Waals surface area contributed by atoms with Gasteiger partial charge >= 0.3 is 0 Å². The highest BCUT2D eigenvalue weighted by molar-refractivity contribution is 6.70. The molecule has 0 radical (unpaired) electrons. The van der Waals surface area contributed by atoms with Gasteiger partial charge in [-0.15, -0.1) is 0 Å². The zero-order valence-electron chi connectivity index (χ0n) is 25.8. The highest BCUT2D eigenvalue weighted by Crippen LogP contribution is 2.74. The topological polar surface area (TPSA) is 57.2 Å². The summed E-state index contributed by atoms with van der Waals surface area (Å²) in [5, 5.41) is 13.0. The van der Waals surface area contributed by atoms with Gasteiger partial charge in [-0.1, -0.05) is 26.8 Å². The first-order chi connectivity index (χ1) is 18.7. The van der Waals surface area contributed by atoms with Gasteiger partial charge in [0.1, 0.15) is 11.4 Å². The van der Waals surface area contributed by atoms with Gasteiger partial charge in [-0.3, -0.25) is 0 Å². The Kier molecular flexibility index (Phi) is 5.92. The van der Waals surface area contributed by atoms with Crippen molar-refractivity contribution in [3.05, 3.63) is 41.2 Å². The summed E-state index contributed by atoms with van der Waals surface area (Å²) in [6.45, 7) is 14.6. The smallest absolute Gasteiger partial charge is 0.241 e. The third-order valence-electron chi connectivity index (χ3n) is 12.2. The third kappa shape index (κ3) is 3.88. The zero-order chi connectivity index (χ0) is 28.3. The molecule has 8 atom stereocenters. The van der Waals surface area contributed by atoms with E-state index in [-0.39, 0.29) is 16.2 Å². The van der Waals surface area contributed by atoms with Crippen LogP contribution in [0.3, 0.4) is 0 Å². The molecule has 1 unspecified atom stereocenters. The summed E-state index contributed by atoms with van der Waals surface area (Å²) in [4.78, 5) is 12.0. The van der Waals surface area contributed by atoms with Crippen LogP contribution in [0.2, 0.25) is 19.6 Å². The minimum atomic E-state index is -1.73. The van der Waals surface area contributed by atoms with Crippen LogP contribution in [0.4, 0.5) is 0 Å². The van der Waals surface area contributed by atoms with E-state index in [2.05, 4.69) is 64.7 Å². The highest BCUT2D eigenvalue weighted by atomic mass is 28.4. The Morgan fingerprint density at radius 2 is 1.85 bits per heavy atom. The lowest BCUT2D eigenvalue weighted by atomic mass is 9.36. The molecule has 0 bridgehead atoms. The fraction of sp³-hybridized carbons (Fsp3) is 0.765. The maximum absolute atomic E-state index is 13.0. The van der Waals surface area contributed by atoms with Crippen LogP contribution in [0.15, 0.2) is 30.0 Å². The van der Waals surface area contributed by atoms with Crippen LogP contribution in [0.25, 0.3) is 0 Å². The molecule has 3 saturated carbocycles. The lowest BCUT2D eigenvalue weighted by Crippen LogP contribution is -2.70. The van der Waals surface area contributed by atoms with Gasteiger partial charge in [0.15, 0.2) is 0 Å². The van der Waals surface area contributed by atoms with Crippen molar-refractivity contribution in [1.82, 2.24) is 0 Å². The number of methoxy groups -OCH3 is 1. The van der Waals surface area contributed by atoms with Crippen LogP contribution in [-0.2, 0) is 20.6 Å². The minimum absolute atomic E-state index is 0.0531. The molecule has 220 valence electrons. The summed E-state index contributed by atoms with van der Waals surface area (Å²) in [6.07, 6.45) is 11.1. The van der Waals surface area contributed by atoms with Crippen LogP contribution in [0, 0.1) is 34.0 Å². The van der Waals surface area contributed by atoms with E-state index in [1.165, 1.54) is 16.9 Å². The number of hydrogen-bond acceptors (Lipinski definition) is 5. The summed E-state index contributed by atoms with van der Waals surface area (Å²) < 4.78 is 12.6. The number of allylic oxidation sites excluding steroid dienone is 2. The van der Waals surface area contributed by atoms with E-state index in [0.717, 1.165) is 57.1 Å². The molecular weight excluding hydrogens is 516 g/mol. The second kappa shape index (κ2) is 8.61. The monoisotopic (exact) mass is 566 g/mol. The van der Waals surface area contributed by atoms with Crippen molar-refractivity contribution >= 4 is 8.32 Å². The van der Waals surface area contributed by atoms with Crippen LogP contribution in [-0.4, -0.2) is 38.3 Å². The molecule has 1 aromatic carbocycles. The summed E-state index contributed by atoms with van der Waals surface area (Å²) in [7, 11) is 0.0331. The number of fused-ring (bicyclic) bond motifs is 4. The second-order valence-corrected chi connectivity index (χ2v) is 21.0. The molecule has 6 aliphatic rings. The number of aliphatic hydroxyl groups is 1. The Bertz CT molecular complexity index is 1240. The van der Waals surface area contributed by atoms with Gasteiger partial charge < -0.3 is 14.3 Å². The fourth-order valence-electron chi connectivity index (χ4n) is 11.0. The van der Waals surface area contributed by atoms with Gasteiger partial charge in [-0.25, -0.2) is 9.78 Å². The Labute approximate surface area is 242 Å². The predicted molar refractivity (Wildman–Crippen MR) is 158 cm³/mol. The molecule has 1 N–H and O–H groups in total. The largest absolute Gasteiger partial charge is 0.547 e. The molecule has 1 aromatic rings. The first-order valence-corrected chi connectivity index (χ1v) is 19.2. The lowest BCUT2D eigenvalue weighted by molar-refractivity contribution is -0.425. The predicted octanol–water partition coefficient (Wildman–Crippen LogP) is 7.54.